The van der Waals surface area contributed by atoms with Crippen LogP contribution in [0, 0.1) is 0 Å². The highest BCUT2D eigenvalue weighted by atomic mass is 32.2. The van der Waals surface area contributed by atoms with Crippen LogP contribution in [0.2, 0.25) is 0 Å². The first-order valence-corrected chi connectivity index (χ1v) is 47.3. The summed E-state index contributed by atoms with van der Waals surface area (Å²) >= 11 is 5.51. The third-order valence-electron chi connectivity index (χ3n) is 25.9. The second kappa shape index (κ2) is 30.3. The Morgan fingerprint density at radius 1 is 0.164 bits per heavy atom. The summed E-state index contributed by atoms with van der Waals surface area (Å²) in [5.74, 6) is 0. The molecule has 128 heavy (non-hydrogen) atoms. The van der Waals surface area contributed by atoms with Crippen molar-refractivity contribution in [3.63, 3.8) is 0 Å². The lowest BCUT2D eigenvalue weighted by atomic mass is 9.99. The molecule has 0 bridgehead atoms. The van der Waals surface area contributed by atoms with Crippen molar-refractivity contribution in [3.8, 4) is 67.0 Å². The average molecular weight is 1710 g/mol. The molecule has 22 aromatic rings. The normalized spacial score (nSPS) is 13.3. The highest BCUT2D eigenvalue weighted by Crippen LogP contribution is 2.64. The molecule has 4 aliphatic rings. The van der Waals surface area contributed by atoms with E-state index < -0.39 is 10.9 Å². The van der Waals surface area contributed by atoms with Gasteiger partial charge in [-0.3, -0.25) is 0 Å². The number of hydrogen-bond donors (Lipinski definition) is 1. The minimum atomic E-state index is -0.978. The van der Waals surface area contributed by atoms with Crippen molar-refractivity contribution >= 4 is 169 Å². The number of fused-ring (bicyclic) bond motifs is 15. The van der Waals surface area contributed by atoms with E-state index in [0.717, 1.165) is 61.8 Å². The number of para-hydroxylation sites is 8. The molecule has 0 N–H and O–H groups in total. The standard InChI is InChI=1S/C118H76N6S4/c1-2-21-82-70-93(65-50-76(82)20-1)124-101-68-53-86(80-46-61-91(62-47-80)122-107-28-7-15-36-115(107)127-116-37-16-8-29-108(116)122)74-97(101)98-75-87(54-69-102(98)124)81-48-63-92(64-49-81)123-109-30-9-17-38-117(109)128(118-39-18-10-31-110(118)123)94-23-19-22-83(71-94)77-40-55-88(56-41-77)119-99-66-51-84(78-42-57-89(58-43-78)120-103-24-3-11-32-111(103)125-112-33-12-4-25-104(112)120)72-95(99)96-73-85(52-67-100(96)119)79-44-59-90(60-45-79)121-105-26-5-13-34-113(105)126-114-35-14-6-27-106(114)121/h1-75,128H. The molecule has 6 nitrogen and oxygen atoms in total. The lowest BCUT2D eigenvalue weighted by molar-refractivity contribution is 1.15. The first kappa shape index (κ1) is 74.3. The molecular weight excluding hydrogens is 1630 g/mol. The Labute approximate surface area is 757 Å². The fourth-order valence-corrected chi connectivity index (χ4v) is 25.7. The van der Waals surface area contributed by atoms with Crippen LogP contribution < -0.4 is 19.6 Å². The monoisotopic (exact) mass is 1700 g/mol. The molecule has 0 spiro atoms. The summed E-state index contributed by atoms with van der Waals surface area (Å²) in [5, 5.41) is 7.26. The van der Waals surface area contributed by atoms with Crippen molar-refractivity contribution < 1.29 is 0 Å². The number of benzene rings is 20. The molecule has 0 radical (unpaired) electrons. The van der Waals surface area contributed by atoms with Crippen LogP contribution in [-0.2, 0) is 0 Å². The molecule has 0 fully saturated rings. The van der Waals surface area contributed by atoms with E-state index in [2.05, 4.69) is 484 Å². The van der Waals surface area contributed by atoms with E-state index in [9.17, 15) is 0 Å². The summed E-state index contributed by atoms with van der Waals surface area (Å²) in [6, 6.07) is 170. The molecule has 0 amide bonds. The molecule has 0 saturated carbocycles. The number of thiol groups is 1. The zero-order valence-electron chi connectivity index (χ0n) is 69.2. The van der Waals surface area contributed by atoms with Crippen LogP contribution in [0.1, 0.15) is 0 Å². The molecule has 26 rings (SSSR count). The number of anilines is 12. The van der Waals surface area contributed by atoms with Crippen LogP contribution in [0.25, 0.3) is 121 Å². The minimum absolute atomic E-state index is 0.978. The van der Waals surface area contributed by atoms with Crippen LogP contribution in [0.4, 0.5) is 68.2 Å². The predicted molar refractivity (Wildman–Crippen MR) is 541 cm³/mol. The van der Waals surface area contributed by atoms with E-state index in [0.29, 0.717) is 0 Å². The number of hydrogen-bond acceptors (Lipinski definition) is 7. The van der Waals surface area contributed by atoms with Gasteiger partial charge in [-0.15, -0.1) is 0 Å². The zero-order chi connectivity index (χ0) is 84.0. The molecule has 2 aromatic heterocycles. The Kier molecular flexibility index (Phi) is 17.6. The lowest BCUT2D eigenvalue weighted by Crippen LogP contribution is -2.16. The quantitative estimate of drug-likeness (QED) is 0.122. The van der Waals surface area contributed by atoms with Gasteiger partial charge in [0, 0.05) is 94.8 Å². The number of rotatable bonds is 12. The molecule has 20 aromatic carbocycles. The Morgan fingerprint density at radius 2 is 0.422 bits per heavy atom. The van der Waals surface area contributed by atoms with Crippen LogP contribution >= 0.6 is 46.2 Å². The fourth-order valence-electron chi connectivity index (χ4n) is 19.9. The molecule has 0 aliphatic carbocycles. The van der Waals surface area contributed by atoms with Gasteiger partial charge in [0.25, 0.3) is 0 Å². The Hall–Kier alpha value is -15.1. The second-order valence-electron chi connectivity index (χ2n) is 33.2. The van der Waals surface area contributed by atoms with Gasteiger partial charge in [-0.1, -0.05) is 260 Å². The highest BCUT2D eigenvalue weighted by Gasteiger charge is 2.33. The topological polar surface area (TPSA) is 22.8 Å². The van der Waals surface area contributed by atoms with Gasteiger partial charge in [-0.25, -0.2) is 0 Å². The smallest absolute Gasteiger partial charge is 0.0601 e. The van der Waals surface area contributed by atoms with Crippen molar-refractivity contribution in [1.29, 1.82) is 0 Å². The van der Waals surface area contributed by atoms with Gasteiger partial charge in [-0.2, -0.15) is 10.9 Å². The fraction of sp³-hybridized carbons (Fsp3) is 0. The Balaban J connectivity index is 0.519. The largest absolute Gasteiger partial charge is 0.309 e. The third kappa shape index (κ3) is 12.4. The van der Waals surface area contributed by atoms with E-state index >= 15 is 0 Å². The average Bonchev–Trinajstić information content (AvgIpc) is 1.12. The molecule has 0 atom stereocenters. The molecular formula is C118H76N6S4. The first-order valence-electron chi connectivity index (χ1n) is 43.5. The van der Waals surface area contributed by atoms with E-state index in [1.54, 1.807) is 0 Å². The molecule has 0 saturated heterocycles. The van der Waals surface area contributed by atoms with Gasteiger partial charge >= 0.3 is 0 Å². The maximum atomic E-state index is 2.49. The molecule has 4 aliphatic heterocycles. The minimum Gasteiger partial charge on any atom is -0.309 e. The SMILES string of the molecule is c1cc(-c2ccc(-n3c4ccc(-c5ccc(N6c7ccccc7Sc7ccccc76)cc5)cc4c4cc(-c5ccc(N6c7ccccc7Sc7ccccc76)cc5)ccc43)cc2)cc([SH]2c3ccccc3N(c3ccc(-c4ccc5c(c4)c4cc(-c6ccc(N7c8ccccc8Sc8ccccc87)cc6)ccc4n5-c4ccc5ccccc5c4)cc3)c3ccccc32)c1. The number of aromatic nitrogens is 2. The first-order chi connectivity index (χ1) is 63.4. The van der Waals surface area contributed by atoms with Gasteiger partial charge < -0.3 is 28.7 Å². The van der Waals surface area contributed by atoms with Crippen molar-refractivity contribution in [3.05, 3.63) is 455 Å². The van der Waals surface area contributed by atoms with Gasteiger partial charge in [0.15, 0.2) is 0 Å². The van der Waals surface area contributed by atoms with E-state index in [1.807, 2.05) is 35.3 Å². The molecule has 602 valence electrons. The highest BCUT2D eigenvalue weighted by molar-refractivity contribution is 8.17. The van der Waals surface area contributed by atoms with Crippen LogP contribution in [0.5, 0.6) is 0 Å². The maximum Gasteiger partial charge on any atom is 0.0601 e. The van der Waals surface area contributed by atoms with Crippen molar-refractivity contribution in [2.45, 2.75) is 44.1 Å². The summed E-state index contributed by atoms with van der Waals surface area (Å²) in [6.07, 6.45) is 0. The second-order valence-corrected chi connectivity index (χ2v) is 38.6. The summed E-state index contributed by atoms with van der Waals surface area (Å²) in [6.45, 7) is 0. The van der Waals surface area contributed by atoms with Gasteiger partial charge in [-0.05, 0) is 302 Å². The maximum absolute atomic E-state index is 2.49. The molecule has 10 heteroatoms. The summed E-state index contributed by atoms with van der Waals surface area (Å²) < 4.78 is 4.92. The van der Waals surface area contributed by atoms with Gasteiger partial charge in [0.05, 0.1) is 67.6 Å². The van der Waals surface area contributed by atoms with Gasteiger partial charge in [0.2, 0.25) is 0 Å². The van der Waals surface area contributed by atoms with Crippen molar-refractivity contribution in [1.82, 2.24) is 9.13 Å². The van der Waals surface area contributed by atoms with E-state index in [-0.39, 0.29) is 0 Å². The zero-order valence-corrected chi connectivity index (χ0v) is 72.5. The Bertz CT molecular complexity index is 7880. The Morgan fingerprint density at radius 3 is 0.766 bits per heavy atom. The molecule has 0 unspecified atom stereocenters. The summed E-state index contributed by atoms with van der Waals surface area (Å²) in [5.41, 5.74) is 32.7. The van der Waals surface area contributed by atoms with Crippen LogP contribution in [0.3, 0.4) is 0 Å². The summed E-state index contributed by atoms with van der Waals surface area (Å²) in [7, 11) is -0.978. The molecule has 6 heterocycles. The number of nitrogens with zero attached hydrogens (tertiary/aromatic N) is 6. The van der Waals surface area contributed by atoms with Crippen LogP contribution in [-0.4, -0.2) is 9.13 Å². The van der Waals surface area contributed by atoms with Crippen molar-refractivity contribution in [2.24, 2.45) is 0 Å². The predicted octanol–water partition coefficient (Wildman–Crippen LogP) is 34.4. The van der Waals surface area contributed by atoms with E-state index in [4.69, 9.17) is 0 Å². The third-order valence-corrected chi connectivity index (χ3v) is 31.8. The summed E-state index contributed by atoms with van der Waals surface area (Å²) in [4.78, 5) is 21.2. The van der Waals surface area contributed by atoms with Crippen LogP contribution in [0.15, 0.2) is 499 Å². The van der Waals surface area contributed by atoms with E-state index in [1.165, 1.54) is 172 Å². The van der Waals surface area contributed by atoms with Crippen molar-refractivity contribution in [2.75, 3.05) is 19.6 Å². The lowest BCUT2D eigenvalue weighted by Gasteiger charge is -2.39. The van der Waals surface area contributed by atoms with Gasteiger partial charge in [0.1, 0.15) is 0 Å².